The normalized spacial score (nSPS) is 11.2. The zero-order chi connectivity index (χ0) is 17.9. The van der Waals surface area contributed by atoms with Crippen molar-refractivity contribution in [1.29, 1.82) is 0 Å². The Kier molecular flexibility index (Phi) is 4.16. The number of carbonyl (C=O) groups is 1. The van der Waals surface area contributed by atoms with E-state index in [0.29, 0.717) is 16.0 Å². The van der Waals surface area contributed by atoms with Crippen molar-refractivity contribution < 1.29 is 9.90 Å². The number of hydrogen-bond donors (Lipinski definition) is 3. The molecule has 0 radical (unpaired) electrons. The second-order valence-corrected chi connectivity index (χ2v) is 6.26. The van der Waals surface area contributed by atoms with Crippen LogP contribution in [0.2, 0.25) is 0 Å². The van der Waals surface area contributed by atoms with E-state index in [9.17, 15) is 9.90 Å². The molecule has 0 aliphatic rings. The van der Waals surface area contributed by atoms with Crippen LogP contribution in [-0.4, -0.2) is 21.1 Å². The highest BCUT2D eigenvalue weighted by molar-refractivity contribution is 7.14. The molecule has 8 heteroatoms. The van der Waals surface area contributed by atoms with Gasteiger partial charge in [-0.2, -0.15) is 0 Å². The highest BCUT2D eigenvalue weighted by Gasteiger charge is 2.11. The van der Waals surface area contributed by atoms with Crippen molar-refractivity contribution in [3.05, 3.63) is 60.0 Å². The molecule has 0 atom stereocenters. The lowest BCUT2D eigenvalue weighted by Crippen LogP contribution is -2.04. The van der Waals surface area contributed by atoms with Crippen LogP contribution in [0, 0.1) is 0 Å². The summed E-state index contributed by atoms with van der Waals surface area (Å²) in [6.07, 6.45) is 0. The van der Waals surface area contributed by atoms with E-state index in [1.165, 1.54) is 11.3 Å². The Balaban J connectivity index is 1.50. The van der Waals surface area contributed by atoms with Crippen LogP contribution in [-0.2, 0) is 0 Å². The van der Waals surface area contributed by atoms with E-state index in [0.717, 1.165) is 11.3 Å². The molecule has 2 amide bonds. The van der Waals surface area contributed by atoms with Crippen LogP contribution >= 0.6 is 11.3 Å². The lowest BCUT2D eigenvalue weighted by molar-refractivity contribution is 0.258. The lowest BCUT2D eigenvalue weighted by atomic mass is 10.2. The lowest BCUT2D eigenvalue weighted by Gasteiger charge is -1.96. The number of benzene rings is 2. The zero-order valence-corrected chi connectivity index (χ0v) is 14.2. The first kappa shape index (κ1) is 16.0. The number of aromatic amines is 1. The second-order valence-electron chi connectivity index (χ2n) is 5.40. The van der Waals surface area contributed by atoms with Gasteiger partial charge in [-0.1, -0.05) is 53.6 Å². The van der Waals surface area contributed by atoms with Crippen LogP contribution in [0.5, 0.6) is 5.88 Å². The van der Waals surface area contributed by atoms with E-state index in [2.05, 4.69) is 25.5 Å². The molecule has 0 aliphatic heterocycles. The summed E-state index contributed by atoms with van der Waals surface area (Å²) in [5.41, 5.74) is 2.68. The number of amides is 2. The molecule has 0 aliphatic carbocycles. The van der Waals surface area contributed by atoms with Crippen LogP contribution in [0.1, 0.15) is 0 Å². The number of rotatable bonds is 3. The predicted molar refractivity (Wildman–Crippen MR) is 101 cm³/mol. The molecule has 0 bridgehead atoms. The van der Waals surface area contributed by atoms with Crippen molar-refractivity contribution in [2.45, 2.75) is 0 Å². The predicted octanol–water partition coefficient (Wildman–Crippen LogP) is 5.31. The molecule has 4 aromatic rings. The number of urea groups is 1. The van der Waals surface area contributed by atoms with Gasteiger partial charge in [0.2, 0.25) is 5.88 Å². The van der Waals surface area contributed by atoms with Crippen LogP contribution in [0.4, 0.5) is 15.6 Å². The highest BCUT2D eigenvalue weighted by atomic mass is 32.1. The average molecular weight is 363 g/mol. The Hall–Kier alpha value is -3.52. The molecule has 128 valence electrons. The third kappa shape index (κ3) is 3.17. The summed E-state index contributed by atoms with van der Waals surface area (Å²) < 4.78 is 0. The minimum atomic E-state index is -0.663. The van der Waals surface area contributed by atoms with Crippen LogP contribution in [0.3, 0.4) is 0 Å². The summed E-state index contributed by atoms with van der Waals surface area (Å²) in [6.45, 7) is 0. The van der Waals surface area contributed by atoms with Crippen molar-refractivity contribution in [1.82, 2.24) is 9.97 Å². The van der Waals surface area contributed by atoms with Gasteiger partial charge in [0.05, 0.1) is 11.2 Å². The Bertz CT molecular complexity index is 1100. The molecule has 0 spiro atoms. The van der Waals surface area contributed by atoms with E-state index in [1.807, 2.05) is 47.8 Å². The van der Waals surface area contributed by atoms with Gasteiger partial charge in [0.25, 0.3) is 0 Å². The number of azo groups is 1. The Morgan fingerprint density at radius 3 is 2.73 bits per heavy atom. The van der Waals surface area contributed by atoms with Crippen molar-refractivity contribution in [2.24, 2.45) is 10.2 Å². The fourth-order valence-corrected chi connectivity index (χ4v) is 3.21. The number of H-pyrrole nitrogens is 1. The standard InChI is InChI=1S/C18H13N5O2S/c24-16-15(12-8-4-5-9-13(12)19-16)22-23-17(25)21-18-20-14(10-26-18)11-6-2-1-3-7-11/h1-10,19,24H,(H,20,21,25). The van der Waals surface area contributed by atoms with E-state index in [-0.39, 0.29) is 11.6 Å². The van der Waals surface area contributed by atoms with E-state index in [1.54, 1.807) is 12.1 Å². The summed E-state index contributed by atoms with van der Waals surface area (Å²) in [7, 11) is 0. The molecule has 2 aromatic heterocycles. The Morgan fingerprint density at radius 1 is 1.12 bits per heavy atom. The molecular weight excluding hydrogens is 350 g/mol. The maximum absolute atomic E-state index is 12.0. The van der Waals surface area contributed by atoms with E-state index in [4.69, 9.17) is 0 Å². The number of aromatic nitrogens is 2. The van der Waals surface area contributed by atoms with Crippen LogP contribution in [0.15, 0.2) is 70.2 Å². The topological polar surface area (TPSA) is 103 Å². The fourth-order valence-electron chi connectivity index (χ4n) is 2.50. The summed E-state index contributed by atoms with van der Waals surface area (Å²) in [6, 6.07) is 16.2. The van der Waals surface area contributed by atoms with E-state index >= 15 is 0 Å². The smallest absolute Gasteiger partial charge is 0.365 e. The average Bonchev–Trinajstić information content (AvgIpc) is 3.24. The van der Waals surface area contributed by atoms with Gasteiger partial charge in [-0.3, -0.25) is 5.32 Å². The summed E-state index contributed by atoms with van der Waals surface area (Å²) in [5.74, 6) is -0.136. The monoisotopic (exact) mass is 363 g/mol. The number of hydrogen-bond acceptors (Lipinski definition) is 5. The quantitative estimate of drug-likeness (QED) is 0.430. The highest BCUT2D eigenvalue weighted by Crippen LogP contribution is 2.35. The molecule has 2 aromatic carbocycles. The molecule has 7 nitrogen and oxygen atoms in total. The number of thiazole rings is 1. The van der Waals surface area contributed by atoms with Gasteiger partial charge in [-0.05, 0) is 6.07 Å². The third-order valence-corrected chi connectivity index (χ3v) is 4.45. The van der Waals surface area contributed by atoms with Gasteiger partial charge >= 0.3 is 6.03 Å². The number of para-hydroxylation sites is 1. The number of carbonyl (C=O) groups excluding carboxylic acids is 1. The number of nitrogens with one attached hydrogen (secondary N) is 2. The number of anilines is 1. The molecular formula is C18H13N5O2S. The first-order chi connectivity index (χ1) is 12.7. The minimum absolute atomic E-state index is 0.136. The Morgan fingerprint density at radius 2 is 1.88 bits per heavy atom. The molecule has 26 heavy (non-hydrogen) atoms. The van der Waals surface area contributed by atoms with Gasteiger partial charge in [0.15, 0.2) is 10.8 Å². The molecule has 0 saturated carbocycles. The first-order valence-electron chi connectivity index (χ1n) is 7.74. The largest absolute Gasteiger partial charge is 0.493 e. The van der Waals surface area contributed by atoms with Crippen molar-refractivity contribution >= 4 is 39.1 Å². The molecule has 0 unspecified atom stereocenters. The van der Waals surface area contributed by atoms with Crippen molar-refractivity contribution in [3.63, 3.8) is 0 Å². The maximum Gasteiger partial charge on any atom is 0.365 e. The molecule has 4 rings (SSSR count). The van der Waals surface area contributed by atoms with Gasteiger partial charge in [0, 0.05) is 16.3 Å². The van der Waals surface area contributed by atoms with Gasteiger partial charge in [-0.15, -0.1) is 16.5 Å². The van der Waals surface area contributed by atoms with Gasteiger partial charge < -0.3 is 10.1 Å². The van der Waals surface area contributed by atoms with Crippen molar-refractivity contribution in [3.8, 4) is 17.1 Å². The minimum Gasteiger partial charge on any atom is -0.493 e. The van der Waals surface area contributed by atoms with Gasteiger partial charge in [0.1, 0.15) is 0 Å². The number of aromatic hydroxyl groups is 1. The SMILES string of the molecule is O=C(N=Nc1c(O)[nH]c2ccccc12)Nc1nc(-c2ccccc2)cs1. The third-order valence-electron chi connectivity index (χ3n) is 3.69. The summed E-state index contributed by atoms with van der Waals surface area (Å²) >= 11 is 1.30. The second kappa shape index (κ2) is 6.77. The first-order valence-corrected chi connectivity index (χ1v) is 8.62. The van der Waals surface area contributed by atoms with Crippen molar-refractivity contribution in [2.75, 3.05) is 5.32 Å². The van der Waals surface area contributed by atoms with E-state index < -0.39 is 6.03 Å². The Labute approximate surface area is 152 Å². The number of fused-ring (bicyclic) bond motifs is 1. The summed E-state index contributed by atoms with van der Waals surface area (Å²) in [5, 5.41) is 22.9. The fraction of sp³-hybridized carbons (Fsp3) is 0. The molecule has 0 fully saturated rings. The maximum atomic E-state index is 12.0. The molecule has 3 N–H and O–H groups in total. The number of nitrogens with zero attached hydrogens (tertiary/aromatic N) is 3. The molecule has 2 heterocycles. The van der Waals surface area contributed by atoms with Gasteiger partial charge in [-0.25, -0.2) is 9.78 Å². The van der Waals surface area contributed by atoms with Crippen LogP contribution in [0.25, 0.3) is 22.2 Å². The zero-order valence-electron chi connectivity index (χ0n) is 13.4. The van der Waals surface area contributed by atoms with Crippen LogP contribution < -0.4 is 5.32 Å². The molecule has 0 saturated heterocycles. The summed E-state index contributed by atoms with van der Waals surface area (Å²) in [4.78, 5) is 19.1.